The fourth-order valence-electron chi connectivity index (χ4n) is 3.43. The molecular weight excluding hydrogens is 270 g/mol. The molecular formula is C14H25N5S. The number of aromatic amines is 1. The molecule has 0 aromatic carbocycles. The molecule has 2 heterocycles. The van der Waals surface area contributed by atoms with Crippen LogP contribution in [0.15, 0.2) is 0 Å². The highest BCUT2D eigenvalue weighted by atomic mass is 32.1. The van der Waals surface area contributed by atoms with Crippen molar-refractivity contribution in [3.8, 4) is 0 Å². The molecule has 5 nitrogen and oxygen atoms in total. The molecule has 2 aliphatic rings. The summed E-state index contributed by atoms with van der Waals surface area (Å²) in [6, 6.07) is 0.547. The molecule has 1 aromatic rings. The minimum absolute atomic E-state index is 0.547. The molecule has 20 heavy (non-hydrogen) atoms. The first-order chi connectivity index (χ1) is 9.75. The van der Waals surface area contributed by atoms with E-state index in [1.165, 1.54) is 45.1 Å². The van der Waals surface area contributed by atoms with Crippen LogP contribution in [0.2, 0.25) is 0 Å². The van der Waals surface area contributed by atoms with Crippen LogP contribution in [0.3, 0.4) is 0 Å². The van der Waals surface area contributed by atoms with Gasteiger partial charge in [0.2, 0.25) is 5.95 Å². The molecule has 0 unspecified atom stereocenters. The standard InChI is InChI=1S/C14H25N5S/c1-17-8-5-9-18(11-10-17)13-15-16-14(20)19(13)12-6-3-2-4-7-12/h12H,2-11H2,1H3,(H,16,20). The highest BCUT2D eigenvalue weighted by Gasteiger charge is 2.24. The van der Waals surface area contributed by atoms with Crippen molar-refractivity contribution in [3.63, 3.8) is 0 Å². The van der Waals surface area contributed by atoms with Crippen molar-refractivity contribution >= 4 is 18.2 Å². The van der Waals surface area contributed by atoms with Gasteiger partial charge in [0.05, 0.1) is 0 Å². The molecule has 1 aliphatic carbocycles. The maximum atomic E-state index is 5.49. The van der Waals surface area contributed by atoms with Crippen molar-refractivity contribution in [3.05, 3.63) is 4.77 Å². The first kappa shape index (κ1) is 14.1. The molecule has 0 bridgehead atoms. The minimum Gasteiger partial charge on any atom is -0.340 e. The number of H-pyrrole nitrogens is 1. The Kier molecular flexibility index (Phi) is 4.41. The molecule has 0 spiro atoms. The van der Waals surface area contributed by atoms with Gasteiger partial charge in [0.15, 0.2) is 4.77 Å². The molecule has 1 saturated heterocycles. The normalized spacial score (nSPS) is 22.9. The Hall–Kier alpha value is -0.880. The van der Waals surface area contributed by atoms with Crippen LogP contribution in [-0.2, 0) is 0 Å². The number of aromatic nitrogens is 3. The van der Waals surface area contributed by atoms with Gasteiger partial charge >= 0.3 is 0 Å². The molecule has 2 fully saturated rings. The molecule has 1 aliphatic heterocycles. The van der Waals surface area contributed by atoms with Crippen molar-refractivity contribution in [1.82, 2.24) is 19.7 Å². The summed E-state index contributed by atoms with van der Waals surface area (Å²) in [6.07, 6.45) is 7.69. The lowest BCUT2D eigenvalue weighted by molar-refractivity contribution is 0.348. The lowest BCUT2D eigenvalue weighted by Gasteiger charge is -2.28. The second-order valence-electron chi connectivity index (χ2n) is 6.13. The maximum Gasteiger partial charge on any atom is 0.226 e. The van der Waals surface area contributed by atoms with Crippen LogP contribution in [0.5, 0.6) is 0 Å². The van der Waals surface area contributed by atoms with Crippen LogP contribution in [0.1, 0.15) is 44.6 Å². The van der Waals surface area contributed by atoms with E-state index in [9.17, 15) is 0 Å². The highest BCUT2D eigenvalue weighted by Crippen LogP contribution is 2.31. The minimum atomic E-state index is 0.547. The summed E-state index contributed by atoms with van der Waals surface area (Å²) in [5, 5.41) is 7.56. The van der Waals surface area contributed by atoms with Gasteiger partial charge in [-0.3, -0.25) is 4.57 Å². The number of hydrogen-bond acceptors (Lipinski definition) is 4. The Morgan fingerprint density at radius 2 is 1.85 bits per heavy atom. The average Bonchev–Trinajstić information content (AvgIpc) is 2.71. The van der Waals surface area contributed by atoms with Gasteiger partial charge in [0, 0.05) is 25.7 Å². The summed E-state index contributed by atoms with van der Waals surface area (Å²) >= 11 is 5.49. The van der Waals surface area contributed by atoms with Crippen LogP contribution < -0.4 is 4.90 Å². The summed E-state index contributed by atoms with van der Waals surface area (Å²) in [7, 11) is 2.20. The van der Waals surface area contributed by atoms with E-state index in [0.29, 0.717) is 6.04 Å². The topological polar surface area (TPSA) is 40.1 Å². The molecule has 1 N–H and O–H groups in total. The number of hydrogen-bond donors (Lipinski definition) is 1. The van der Waals surface area contributed by atoms with E-state index in [1.807, 2.05) is 0 Å². The van der Waals surface area contributed by atoms with Crippen LogP contribution in [-0.4, -0.2) is 52.9 Å². The molecule has 6 heteroatoms. The first-order valence-corrected chi connectivity index (χ1v) is 8.27. The zero-order valence-corrected chi connectivity index (χ0v) is 13.2. The zero-order valence-electron chi connectivity index (χ0n) is 12.3. The van der Waals surface area contributed by atoms with Crippen molar-refractivity contribution in [2.24, 2.45) is 0 Å². The van der Waals surface area contributed by atoms with E-state index < -0.39 is 0 Å². The number of rotatable bonds is 2. The molecule has 112 valence electrons. The molecule has 1 aromatic heterocycles. The number of nitrogens with zero attached hydrogens (tertiary/aromatic N) is 4. The van der Waals surface area contributed by atoms with Gasteiger partial charge in [-0.15, -0.1) is 5.10 Å². The zero-order chi connectivity index (χ0) is 13.9. The Labute approximate surface area is 126 Å². The Balaban J connectivity index is 1.84. The van der Waals surface area contributed by atoms with E-state index in [0.717, 1.165) is 30.4 Å². The number of likely N-dealkylation sites (N-methyl/N-ethyl adjacent to an activating group) is 1. The molecule has 0 atom stereocenters. The van der Waals surface area contributed by atoms with Crippen LogP contribution in [0.25, 0.3) is 0 Å². The van der Waals surface area contributed by atoms with Crippen molar-refractivity contribution in [2.45, 2.75) is 44.6 Å². The summed E-state index contributed by atoms with van der Waals surface area (Å²) in [5.41, 5.74) is 0. The third-order valence-corrected chi connectivity index (χ3v) is 4.92. The fourth-order valence-corrected chi connectivity index (χ4v) is 3.71. The van der Waals surface area contributed by atoms with Crippen LogP contribution in [0.4, 0.5) is 5.95 Å². The summed E-state index contributed by atoms with van der Waals surface area (Å²) < 4.78 is 3.09. The first-order valence-electron chi connectivity index (χ1n) is 7.86. The summed E-state index contributed by atoms with van der Waals surface area (Å²) in [6.45, 7) is 4.40. The van der Waals surface area contributed by atoms with Crippen molar-refractivity contribution < 1.29 is 0 Å². The smallest absolute Gasteiger partial charge is 0.226 e. The van der Waals surface area contributed by atoms with Gasteiger partial charge in [-0.2, -0.15) is 0 Å². The van der Waals surface area contributed by atoms with Gasteiger partial charge in [-0.1, -0.05) is 19.3 Å². The van der Waals surface area contributed by atoms with E-state index in [-0.39, 0.29) is 0 Å². The van der Waals surface area contributed by atoms with Crippen LogP contribution >= 0.6 is 12.2 Å². The second kappa shape index (κ2) is 6.26. The number of anilines is 1. The van der Waals surface area contributed by atoms with Gasteiger partial charge in [-0.05, 0) is 45.1 Å². The summed E-state index contributed by atoms with van der Waals surface area (Å²) in [5.74, 6) is 1.07. The predicted octanol–water partition coefficient (Wildman–Crippen LogP) is 2.59. The van der Waals surface area contributed by atoms with Gasteiger partial charge < -0.3 is 9.80 Å². The summed E-state index contributed by atoms with van der Waals surface area (Å²) in [4.78, 5) is 4.80. The Bertz CT molecular complexity index is 488. The third-order valence-electron chi connectivity index (χ3n) is 4.63. The average molecular weight is 295 g/mol. The molecule has 1 saturated carbocycles. The fraction of sp³-hybridized carbons (Fsp3) is 0.857. The quantitative estimate of drug-likeness (QED) is 0.851. The Morgan fingerprint density at radius 1 is 1.05 bits per heavy atom. The number of nitrogens with one attached hydrogen (secondary N) is 1. The van der Waals surface area contributed by atoms with E-state index in [4.69, 9.17) is 12.2 Å². The van der Waals surface area contributed by atoms with Gasteiger partial charge in [0.1, 0.15) is 0 Å². The SMILES string of the molecule is CN1CCCN(c2n[nH]c(=S)n2C2CCCCC2)CC1. The Morgan fingerprint density at radius 3 is 2.65 bits per heavy atom. The lowest BCUT2D eigenvalue weighted by Crippen LogP contribution is -2.32. The van der Waals surface area contributed by atoms with E-state index >= 15 is 0 Å². The van der Waals surface area contributed by atoms with Gasteiger partial charge in [0.25, 0.3) is 0 Å². The predicted molar refractivity (Wildman–Crippen MR) is 83.9 cm³/mol. The second-order valence-corrected chi connectivity index (χ2v) is 6.52. The molecule has 0 amide bonds. The van der Waals surface area contributed by atoms with Crippen LogP contribution in [0, 0.1) is 4.77 Å². The largest absolute Gasteiger partial charge is 0.340 e. The van der Waals surface area contributed by atoms with E-state index in [2.05, 4.69) is 31.6 Å². The lowest BCUT2D eigenvalue weighted by atomic mass is 9.95. The molecule has 0 radical (unpaired) electrons. The van der Waals surface area contributed by atoms with Crippen molar-refractivity contribution in [2.75, 3.05) is 38.1 Å². The third kappa shape index (κ3) is 2.91. The van der Waals surface area contributed by atoms with E-state index in [1.54, 1.807) is 0 Å². The highest BCUT2D eigenvalue weighted by molar-refractivity contribution is 7.71. The maximum absolute atomic E-state index is 5.49. The van der Waals surface area contributed by atoms with Gasteiger partial charge in [-0.25, -0.2) is 5.10 Å². The van der Waals surface area contributed by atoms with Crippen molar-refractivity contribution in [1.29, 1.82) is 0 Å². The molecule has 3 rings (SSSR count). The monoisotopic (exact) mass is 295 g/mol.